The molecule has 1 N–H and O–H groups in total. The fourth-order valence-corrected chi connectivity index (χ4v) is 3.08. The maximum atomic E-state index is 9.48. The molecule has 0 heterocycles. The van der Waals surface area contributed by atoms with Crippen molar-refractivity contribution >= 4 is 0 Å². The molecule has 14 heavy (non-hydrogen) atoms. The Bertz CT molecular complexity index is 177. The molecule has 0 amide bonds. The Morgan fingerprint density at radius 2 is 1.86 bits per heavy atom. The number of aliphatic hydroxyl groups excluding tert-OH is 1. The Morgan fingerprint density at radius 1 is 1.14 bits per heavy atom. The molecular formula is C12H23NO. The van der Waals surface area contributed by atoms with E-state index in [2.05, 4.69) is 11.9 Å². The maximum absolute atomic E-state index is 9.48. The molecule has 0 spiro atoms. The number of nitrogens with zero attached hydrogens (tertiary/aromatic N) is 1. The van der Waals surface area contributed by atoms with Crippen molar-refractivity contribution in [3.63, 3.8) is 0 Å². The summed E-state index contributed by atoms with van der Waals surface area (Å²) in [5.74, 6) is 0.942. The molecule has 0 saturated heterocycles. The van der Waals surface area contributed by atoms with Gasteiger partial charge in [0.05, 0.1) is 6.10 Å². The van der Waals surface area contributed by atoms with Crippen LogP contribution in [0.3, 0.4) is 0 Å². The fourth-order valence-electron chi connectivity index (χ4n) is 3.08. The summed E-state index contributed by atoms with van der Waals surface area (Å²) in [6.07, 6.45) is 8.93. The van der Waals surface area contributed by atoms with Gasteiger partial charge in [-0.25, -0.2) is 0 Å². The zero-order valence-electron chi connectivity index (χ0n) is 9.28. The topological polar surface area (TPSA) is 23.5 Å². The molecule has 0 aromatic rings. The quantitative estimate of drug-likeness (QED) is 0.748. The van der Waals surface area contributed by atoms with Crippen LogP contribution in [0.1, 0.15) is 44.9 Å². The van der Waals surface area contributed by atoms with E-state index in [-0.39, 0.29) is 6.10 Å². The highest BCUT2D eigenvalue weighted by molar-refractivity contribution is 4.82. The summed E-state index contributed by atoms with van der Waals surface area (Å²) in [7, 11) is 2.24. The molecule has 2 atom stereocenters. The van der Waals surface area contributed by atoms with Crippen molar-refractivity contribution in [2.75, 3.05) is 13.6 Å². The Balaban J connectivity index is 1.74. The van der Waals surface area contributed by atoms with Gasteiger partial charge in [-0.1, -0.05) is 12.8 Å². The van der Waals surface area contributed by atoms with E-state index in [0.29, 0.717) is 6.04 Å². The third-order valence-corrected chi connectivity index (χ3v) is 4.02. The molecule has 0 aromatic heterocycles. The Labute approximate surface area is 87.3 Å². The molecule has 2 nitrogen and oxygen atoms in total. The molecule has 0 radical (unpaired) electrons. The van der Waals surface area contributed by atoms with Gasteiger partial charge in [-0.3, -0.25) is 0 Å². The molecule has 2 aliphatic rings. The van der Waals surface area contributed by atoms with E-state index in [4.69, 9.17) is 0 Å². The SMILES string of the molecule is CN(CC1CCCC1)C1CCC(O)C1. The third kappa shape index (κ3) is 2.48. The average molecular weight is 197 g/mol. The van der Waals surface area contributed by atoms with E-state index in [1.165, 1.54) is 38.6 Å². The smallest absolute Gasteiger partial charge is 0.0555 e. The Morgan fingerprint density at radius 3 is 2.43 bits per heavy atom. The molecule has 82 valence electrons. The van der Waals surface area contributed by atoms with Crippen molar-refractivity contribution in [3.8, 4) is 0 Å². The van der Waals surface area contributed by atoms with Crippen LogP contribution in [-0.4, -0.2) is 35.7 Å². The van der Waals surface area contributed by atoms with Crippen LogP contribution in [0.5, 0.6) is 0 Å². The molecule has 2 saturated carbocycles. The van der Waals surface area contributed by atoms with Crippen molar-refractivity contribution in [2.45, 2.75) is 57.1 Å². The lowest BCUT2D eigenvalue weighted by molar-refractivity contribution is 0.155. The number of aliphatic hydroxyl groups is 1. The number of hydrogen-bond acceptors (Lipinski definition) is 2. The maximum Gasteiger partial charge on any atom is 0.0555 e. The van der Waals surface area contributed by atoms with Crippen LogP contribution in [-0.2, 0) is 0 Å². The summed E-state index contributed by atoms with van der Waals surface area (Å²) in [6, 6.07) is 0.658. The van der Waals surface area contributed by atoms with Gasteiger partial charge in [-0.15, -0.1) is 0 Å². The van der Waals surface area contributed by atoms with E-state index < -0.39 is 0 Å². The highest BCUT2D eigenvalue weighted by Gasteiger charge is 2.27. The first-order chi connectivity index (χ1) is 6.75. The van der Waals surface area contributed by atoms with Crippen molar-refractivity contribution in [1.29, 1.82) is 0 Å². The van der Waals surface area contributed by atoms with E-state index in [0.717, 1.165) is 18.8 Å². The Hall–Kier alpha value is -0.0800. The second-order valence-corrected chi connectivity index (χ2v) is 5.21. The summed E-state index contributed by atoms with van der Waals surface area (Å²) in [4.78, 5) is 2.49. The van der Waals surface area contributed by atoms with Gasteiger partial charge < -0.3 is 10.0 Å². The minimum absolute atomic E-state index is 0.0222. The van der Waals surface area contributed by atoms with Crippen molar-refractivity contribution in [1.82, 2.24) is 4.90 Å². The number of hydrogen-bond donors (Lipinski definition) is 1. The first-order valence-corrected chi connectivity index (χ1v) is 6.14. The van der Waals surface area contributed by atoms with Crippen LogP contribution in [0.4, 0.5) is 0 Å². The first-order valence-electron chi connectivity index (χ1n) is 6.14. The van der Waals surface area contributed by atoms with E-state index in [9.17, 15) is 5.11 Å². The van der Waals surface area contributed by atoms with Crippen molar-refractivity contribution in [3.05, 3.63) is 0 Å². The van der Waals surface area contributed by atoms with Gasteiger partial charge in [0, 0.05) is 12.6 Å². The minimum Gasteiger partial charge on any atom is -0.393 e. The molecule has 0 aromatic carbocycles. The van der Waals surface area contributed by atoms with Crippen LogP contribution in [0.15, 0.2) is 0 Å². The fraction of sp³-hybridized carbons (Fsp3) is 1.00. The van der Waals surface area contributed by atoms with Gasteiger partial charge in [0.15, 0.2) is 0 Å². The van der Waals surface area contributed by atoms with Crippen molar-refractivity contribution < 1.29 is 5.11 Å². The van der Waals surface area contributed by atoms with Crippen LogP contribution >= 0.6 is 0 Å². The molecule has 2 unspecified atom stereocenters. The predicted octanol–water partition coefficient (Wildman–Crippen LogP) is 2.02. The van der Waals surface area contributed by atoms with Crippen LogP contribution in [0.2, 0.25) is 0 Å². The predicted molar refractivity (Wildman–Crippen MR) is 58.2 cm³/mol. The standard InChI is InChI=1S/C12H23NO/c1-13(9-10-4-2-3-5-10)11-6-7-12(14)8-11/h10-12,14H,2-9H2,1H3. The normalized spacial score (nSPS) is 34.5. The molecular weight excluding hydrogens is 174 g/mol. The summed E-state index contributed by atoms with van der Waals surface area (Å²) in [5.41, 5.74) is 0. The zero-order chi connectivity index (χ0) is 9.97. The molecule has 2 fully saturated rings. The van der Waals surface area contributed by atoms with Crippen LogP contribution in [0.25, 0.3) is 0 Å². The van der Waals surface area contributed by atoms with E-state index in [1.807, 2.05) is 0 Å². The number of rotatable bonds is 3. The minimum atomic E-state index is -0.0222. The third-order valence-electron chi connectivity index (χ3n) is 4.02. The monoisotopic (exact) mass is 197 g/mol. The lowest BCUT2D eigenvalue weighted by atomic mass is 10.1. The van der Waals surface area contributed by atoms with Gasteiger partial charge >= 0.3 is 0 Å². The highest BCUT2D eigenvalue weighted by atomic mass is 16.3. The first kappa shape index (κ1) is 10.4. The highest BCUT2D eigenvalue weighted by Crippen LogP contribution is 2.28. The van der Waals surface area contributed by atoms with Crippen LogP contribution < -0.4 is 0 Å². The Kier molecular flexibility index (Phi) is 3.45. The van der Waals surface area contributed by atoms with Crippen molar-refractivity contribution in [2.24, 2.45) is 5.92 Å². The second-order valence-electron chi connectivity index (χ2n) is 5.21. The van der Waals surface area contributed by atoms with Gasteiger partial charge in [-0.05, 0) is 45.1 Å². The second kappa shape index (κ2) is 4.63. The largest absolute Gasteiger partial charge is 0.393 e. The van der Waals surface area contributed by atoms with Gasteiger partial charge in [0.25, 0.3) is 0 Å². The summed E-state index contributed by atoms with van der Waals surface area (Å²) in [5, 5.41) is 9.48. The van der Waals surface area contributed by atoms with Gasteiger partial charge in [-0.2, -0.15) is 0 Å². The lowest BCUT2D eigenvalue weighted by Gasteiger charge is -2.26. The summed E-state index contributed by atoms with van der Waals surface area (Å²) in [6.45, 7) is 1.26. The molecule has 2 aliphatic carbocycles. The molecule has 0 aliphatic heterocycles. The summed E-state index contributed by atoms with van der Waals surface area (Å²) < 4.78 is 0. The van der Waals surface area contributed by atoms with Gasteiger partial charge in [0.2, 0.25) is 0 Å². The van der Waals surface area contributed by atoms with E-state index >= 15 is 0 Å². The molecule has 2 rings (SSSR count). The average Bonchev–Trinajstić information content (AvgIpc) is 2.75. The van der Waals surface area contributed by atoms with Gasteiger partial charge in [0.1, 0.15) is 0 Å². The van der Waals surface area contributed by atoms with E-state index in [1.54, 1.807) is 0 Å². The molecule has 2 heteroatoms. The molecule has 0 bridgehead atoms. The zero-order valence-corrected chi connectivity index (χ0v) is 9.28. The lowest BCUT2D eigenvalue weighted by Crippen LogP contribution is -2.33. The summed E-state index contributed by atoms with van der Waals surface area (Å²) >= 11 is 0. The van der Waals surface area contributed by atoms with Crippen LogP contribution in [0, 0.1) is 5.92 Å².